The molecule has 0 saturated carbocycles. The Morgan fingerprint density at radius 2 is 1.82 bits per heavy atom. The third kappa shape index (κ3) is 2.86. The number of carbonyl (C=O) groups excluding carboxylic acids is 2. The van der Waals surface area contributed by atoms with Crippen LogP contribution in [0.5, 0.6) is 0 Å². The molecule has 0 aliphatic carbocycles. The molecule has 3 amide bonds. The Morgan fingerprint density at radius 3 is 2.50 bits per heavy atom. The molecule has 4 rings (SSSR count). The zero-order chi connectivity index (χ0) is 20.1. The van der Waals surface area contributed by atoms with E-state index in [2.05, 4.69) is 9.98 Å². The Morgan fingerprint density at radius 1 is 1.11 bits per heavy atom. The number of urea groups is 1. The first-order chi connectivity index (χ1) is 13.3. The highest BCUT2D eigenvalue weighted by atomic mass is 32.2. The molecule has 0 saturated heterocycles. The van der Waals surface area contributed by atoms with Crippen molar-refractivity contribution in [1.82, 2.24) is 0 Å². The molecule has 7 nitrogen and oxygen atoms in total. The summed E-state index contributed by atoms with van der Waals surface area (Å²) in [6, 6.07) is 12.4. The van der Waals surface area contributed by atoms with Crippen LogP contribution < -0.4 is 4.90 Å². The number of nitrogens with zero attached hydrogens (tertiary/aromatic N) is 3. The minimum absolute atomic E-state index is 0.0286. The molecule has 0 fully saturated rings. The summed E-state index contributed by atoms with van der Waals surface area (Å²) in [6.45, 7) is 3.40. The molecule has 8 heteroatoms. The fraction of sp³-hybridized carbons (Fsp3) is 0.200. The van der Waals surface area contributed by atoms with Gasteiger partial charge in [-0.3, -0.25) is 4.79 Å². The molecule has 0 radical (unpaired) electrons. The largest absolute Gasteiger partial charge is 0.369 e. The van der Waals surface area contributed by atoms with E-state index in [1.807, 2.05) is 6.92 Å². The predicted octanol–water partition coefficient (Wildman–Crippen LogP) is 2.78. The van der Waals surface area contributed by atoms with E-state index in [1.54, 1.807) is 47.4 Å². The van der Waals surface area contributed by atoms with Crippen LogP contribution in [-0.2, 0) is 21.1 Å². The third-order valence-electron chi connectivity index (χ3n) is 4.83. The highest BCUT2D eigenvalue weighted by Gasteiger charge is 2.35. The first kappa shape index (κ1) is 18.2. The van der Waals surface area contributed by atoms with Gasteiger partial charge in [0.1, 0.15) is 5.71 Å². The van der Waals surface area contributed by atoms with Gasteiger partial charge in [0.05, 0.1) is 4.90 Å². The van der Waals surface area contributed by atoms with Gasteiger partial charge in [-0.15, -0.1) is 0 Å². The van der Waals surface area contributed by atoms with Gasteiger partial charge in [-0.25, -0.2) is 13.2 Å². The summed E-state index contributed by atoms with van der Waals surface area (Å²) >= 11 is 0. The summed E-state index contributed by atoms with van der Waals surface area (Å²) in [4.78, 5) is 32.8. The van der Waals surface area contributed by atoms with Crippen molar-refractivity contribution >= 4 is 38.2 Å². The Kier molecular flexibility index (Phi) is 4.23. The van der Waals surface area contributed by atoms with Gasteiger partial charge in [0.15, 0.2) is 5.04 Å². The molecule has 0 spiro atoms. The molecule has 142 valence electrons. The highest BCUT2D eigenvalue weighted by molar-refractivity contribution is 8.08. The Labute approximate surface area is 162 Å². The number of carbonyl (C=O) groups is 2. The molecule has 28 heavy (non-hydrogen) atoms. The molecule has 2 aromatic carbocycles. The minimum atomic E-state index is -4.05. The average molecular weight is 395 g/mol. The molecule has 2 heterocycles. The number of hydrogen-bond acceptors (Lipinski definition) is 4. The van der Waals surface area contributed by atoms with Crippen LogP contribution in [0.2, 0.25) is 0 Å². The second kappa shape index (κ2) is 6.49. The normalized spacial score (nSPS) is 18.7. The number of amides is 3. The van der Waals surface area contributed by atoms with Crippen LogP contribution in [-0.4, -0.2) is 37.2 Å². The van der Waals surface area contributed by atoms with Crippen molar-refractivity contribution < 1.29 is 18.0 Å². The topological polar surface area (TPSA) is 96.2 Å². The molecular formula is C20H17N3O4S. The number of benzene rings is 2. The van der Waals surface area contributed by atoms with Crippen LogP contribution in [0.4, 0.5) is 10.5 Å². The molecule has 0 aromatic heterocycles. The van der Waals surface area contributed by atoms with E-state index >= 15 is 0 Å². The van der Waals surface area contributed by atoms with Gasteiger partial charge >= 0.3 is 6.03 Å². The van der Waals surface area contributed by atoms with Crippen molar-refractivity contribution in [3.63, 3.8) is 0 Å². The maximum atomic E-state index is 13.2. The minimum Gasteiger partial charge on any atom is -0.309 e. The summed E-state index contributed by atoms with van der Waals surface area (Å²) in [5.41, 5.74) is 2.03. The van der Waals surface area contributed by atoms with Crippen molar-refractivity contribution in [3.8, 4) is 0 Å². The average Bonchev–Trinajstić information content (AvgIpc) is 3.21. The number of aliphatic imine (C=N–C) groups is 2. The standard InChI is InChI=1S/C20H17N3O4S/c1-12-10-15-11-16(8-9-17(15)23(12)13(2)24)28(26,27)19-18(21-20(25)22-19)14-6-4-3-5-7-14/h3-9,11-12H,10H2,1-2H3. The zero-order valence-electron chi connectivity index (χ0n) is 15.3. The third-order valence-corrected chi connectivity index (χ3v) is 6.49. The number of rotatable bonds is 2. The summed E-state index contributed by atoms with van der Waals surface area (Å²) in [6.07, 6.45) is 0.559. The lowest BCUT2D eigenvalue weighted by molar-refractivity contribution is -0.116. The van der Waals surface area contributed by atoms with Gasteiger partial charge in [-0.2, -0.15) is 9.98 Å². The predicted molar refractivity (Wildman–Crippen MR) is 106 cm³/mol. The second-order valence-corrected chi connectivity index (χ2v) is 8.63. The van der Waals surface area contributed by atoms with Crippen LogP contribution in [0.1, 0.15) is 25.0 Å². The Hall–Kier alpha value is -3.13. The maximum absolute atomic E-state index is 13.2. The lowest BCUT2D eigenvalue weighted by atomic mass is 10.1. The summed E-state index contributed by atoms with van der Waals surface area (Å²) in [5, 5.41) is -0.349. The van der Waals surface area contributed by atoms with E-state index in [9.17, 15) is 18.0 Å². The number of sulfone groups is 1. The van der Waals surface area contributed by atoms with Crippen molar-refractivity contribution in [3.05, 3.63) is 59.7 Å². The summed E-state index contributed by atoms with van der Waals surface area (Å²) in [7, 11) is -4.05. The lowest BCUT2D eigenvalue weighted by Gasteiger charge is -2.20. The monoisotopic (exact) mass is 395 g/mol. The van der Waals surface area contributed by atoms with Gasteiger partial charge in [-0.1, -0.05) is 30.3 Å². The van der Waals surface area contributed by atoms with Crippen LogP contribution >= 0.6 is 0 Å². The Balaban J connectivity index is 1.77. The van der Waals surface area contributed by atoms with Gasteiger partial charge < -0.3 is 4.90 Å². The zero-order valence-corrected chi connectivity index (χ0v) is 16.1. The first-order valence-corrected chi connectivity index (χ1v) is 10.2. The van der Waals surface area contributed by atoms with E-state index in [4.69, 9.17) is 0 Å². The quantitative estimate of drug-likeness (QED) is 0.781. The van der Waals surface area contributed by atoms with Gasteiger partial charge in [-0.05, 0) is 37.1 Å². The molecule has 1 unspecified atom stereocenters. The van der Waals surface area contributed by atoms with Crippen molar-refractivity contribution in [1.29, 1.82) is 0 Å². The molecular weight excluding hydrogens is 378 g/mol. The van der Waals surface area contributed by atoms with Gasteiger partial charge in [0.25, 0.3) is 0 Å². The Bertz CT molecular complexity index is 1170. The SMILES string of the molecule is CC(=O)N1c2ccc(S(=O)(=O)C3=NC(=O)N=C3c3ccccc3)cc2CC1C. The van der Waals surface area contributed by atoms with Crippen molar-refractivity contribution in [2.45, 2.75) is 31.2 Å². The number of fused-ring (bicyclic) bond motifs is 1. The fourth-order valence-electron chi connectivity index (χ4n) is 3.65. The molecule has 0 bridgehead atoms. The smallest absolute Gasteiger partial charge is 0.309 e. The first-order valence-electron chi connectivity index (χ1n) is 8.74. The molecule has 2 aliphatic heterocycles. The van der Waals surface area contributed by atoms with Crippen LogP contribution in [0.15, 0.2) is 63.4 Å². The number of hydrogen-bond donors (Lipinski definition) is 0. The van der Waals surface area contributed by atoms with Gasteiger partial charge in [0.2, 0.25) is 15.7 Å². The van der Waals surface area contributed by atoms with Gasteiger partial charge in [0, 0.05) is 24.2 Å². The van der Waals surface area contributed by atoms with Crippen molar-refractivity contribution in [2.24, 2.45) is 9.98 Å². The molecule has 2 aromatic rings. The second-order valence-electron chi connectivity index (χ2n) is 6.76. The highest BCUT2D eigenvalue weighted by Crippen LogP contribution is 2.34. The van der Waals surface area contributed by atoms with Crippen molar-refractivity contribution in [2.75, 3.05) is 4.90 Å². The van der Waals surface area contributed by atoms with E-state index in [-0.39, 0.29) is 27.6 Å². The van der Waals surface area contributed by atoms with E-state index in [0.29, 0.717) is 17.7 Å². The fourth-order valence-corrected chi connectivity index (χ4v) is 5.03. The van der Waals surface area contributed by atoms with Crippen LogP contribution in [0.3, 0.4) is 0 Å². The molecule has 1 atom stereocenters. The van der Waals surface area contributed by atoms with E-state index in [1.165, 1.54) is 13.0 Å². The van der Waals surface area contributed by atoms with Crippen LogP contribution in [0.25, 0.3) is 0 Å². The lowest BCUT2D eigenvalue weighted by Crippen LogP contribution is -2.33. The summed E-state index contributed by atoms with van der Waals surface area (Å²) in [5.74, 6) is -0.0916. The summed E-state index contributed by atoms with van der Waals surface area (Å²) < 4.78 is 26.4. The number of anilines is 1. The van der Waals surface area contributed by atoms with Crippen LogP contribution in [0, 0.1) is 0 Å². The molecule has 2 aliphatic rings. The molecule has 0 N–H and O–H groups in total. The maximum Gasteiger partial charge on any atom is 0.369 e. The van der Waals surface area contributed by atoms with E-state index < -0.39 is 15.9 Å². The van der Waals surface area contributed by atoms with E-state index in [0.717, 1.165) is 5.56 Å².